The monoisotopic (exact) mass is 478 g/mol. The van der Waals surface area contributed by atoms with Crippen molar-refractivity contribution >= 4 is 17.9 Å². The Morgan fingerprint density at radius 2 is 1.76 bits per heavy atom. The van der Waals surface area contributed by atoms with E-state index >= 15 is 0 Å². The van der Waals surface area contributed by atoms with Crippen molar-refractivity contribution in [3.05, 3.63) is 64.2 Å². The molecule has 0 saturated heterocycles. The minimum Gasteiger partial charge on any atom is -0.465 e. The Morgan fingerprint density at radius 1 is 1.12 bits per heavy atom. The van der Waals surface area contributed by atoms with Gasteiger partial charge in [-0.3, -0.25) is 9.80 Å². The van der Waals surface area contributed by atoms with Crippen LogP contribution in [0.1, 0.15) is 60.5 Å². The molecule has 2 aromatic rings. The van der Waals surface area contributed by atoms with Crippen LogP contribution in [0.4, 0.5) is 28.4 Å². The van der Waals surface area contributed by atoms with Gasteiger partial charge in [0.25, 0.3) is 0 Å². The van der Waals surface area contributed by atoms with Crippen molar-refractivity contribution in [2.45, 2.75) is 65.3 Å². The van der Waals surface area contributed by atoms with E-state index in [1.54, 1.807) is 6.92 Å². The van der Waals surface area contributed by atoms with Crippen LogP contribution in [-0.4, -0.2) is 34.8 Å². The van der Waals surface area contributed by atoms with Crippen LogP contribution in [0, 0.1) is 13.8 Å². The number of nitrogens with zero attached hydrogens (tertiary/aromatic N) is 2. The molecule has 0 bridgehead atoms. The minimum atomic E-state index is -4.61. The maximum absolute atomic E-state index is 13.6. The number of carbonyl (C=O) groups is 2. The minimum absolute atomic E-state index is 0.00798. The molecule has 6 nitrogen and oxygen atoms in total. The van der Waals surface area contributed by atoms with Crippen LogP contribution < -0.4 is 4.90 Å². The molecule has 3 rings (SSSR count). The molecule has 2 amide bonds. The lowest BCUT2D eigenvalue weighted by molar-refractivity contribution is -0.137. The molecule has 1 N–H and O–H groups in total. The average molecular weight is 479 g/mol. The highest BCUT2D eigenvalue weighted by Gasteiger charge is 2.42. The third-order valence-corrected chi connectivity index (χ3v) is 6.03. The summed E-state index contributed by atoms with van der Waals surface area (Å²) in [6.07, 6.45) is -5.89. The van der Waals surface area contributed by atoms with Gasteiger partial charge in [0.1, 0.15) is 0 Å². The normalized spacial score (nSPS) is 17.8. The van der Waals surface area contributed by atoms with Crippen molar-refractivity contribution in [3.8, 4) is 0 Å². The number of amides is 2. The molecule has 0 spiro atoms. The van der Waals surface area contributed by atoms with Gasteiger partial charge in [0.05, 0.1) is 23.9 Å². The Kier molecular flexibility index (Phi) is 7.43. The second-order valence-corrected chi connectivity index (χ2v) is 8.56. The predicted octanol–water partition coefficient (Wildman–Crippen LogP) is 6.69. The Morgan fingerprint density at radius 3 is 2.29 bits per heavy atom. The largest absolute Gasteiger partial charge is 0.465 e. The van der Waals surface area contributed by atoms with Gasteiger partial charge in [-0.2, -0.15) is 13.2 Å². The van der Waals surface area contributed by atoms with E-state index in [1.165, 1.54) is 15.9 Å². The SMILES string of the molecule is CCOC(=O)N1c2ccc(C(F)(F)F)cc2C(N(Cc2cc(C)cc(C)c2)C(=O)O)CC1CC. The maximum atomic E-state index is 13.6. The molecule has 0 aromatic heterocycles. The first-order chi connectivity index (χ1) is 16.0. The summed E-state index contributed by atoms with van der Waals surface area (Å²) < 4.78 is 45.9. The van der Waals surface area contributed by atoms with Crippen LogP contribution in [0.5, 0.6) is 0 Å². The van der Waals surface area contributed by atoms with Gasteiger partial charge in [0.2, 0.25) is 0 Å². The number of aryl methyl sites for hydroxylation is 2. The highest BCUT2D eigenvalue weighted by Crippen LogP contribution is 2.44. The zero-order valence-corrected chi connectivity index (χ0v) is 19.6. The Bertz CT molecular complexity index is 1050. The predicted molar refractivity (Wildman–Crippen MR) is 122 cm³/mol. The first-order valence-electron chi connectivity index (χ1n) is 11.2. The summed E-state index contributed by atoms with van der Waals surface area (Å²) in [5, 5.41) is 10.1. The number of halogens is 3. The van der Waals surface area contributed by atoms with Crippen molar-refractivity contribution in [3.63, 3.8) is 0 Å². The molecule has 0 aliphatic carbocycles. The summed E-state index contributed by atoms with van der Waals surface area (Å²) in [4.78, 5) is 27.6. The maximum Gasteiger partial charge on any atom is 0.416 e. The lowest BCUT2D eigenvalue weighted by Gasteiger charge is -2.43. The van der Waals surface area contributed by atoms with E-state index < -0.39 is 36.0 Å². The molecule has 2 atom stereocenters. The Balaban J connectivity index is 2.15. The fourth-order valence-electron chi connectivity index (χ4n) is 4.66. The number of anilines is 1. The third kappa shape index (κ3) is 5.29. The lowest BCUT2D eigenvalue weighted by Crippen LogP contribution is -2.48. The van der Waals surface area contributed by atoms with Gasteiger partial charge in [-0.15, -0.1) is 0 Å². The summed E-state index contributed by atoms with van der Waals surface area (Å²) >= 11 is 0. The lowest BCUT2D eigenvalue weighted by atomic mass is 9.87. The van der Waals surface area contributed by atoms with Gasteiger partial charge in [-0.05, 0) is 62.9 Å². The van der Waals surface area contributed by atoms with Gasteiger partial charge in [-0.25, -0.2) is 9.59 Å². The highest BCUT2D eigenvalue weighted by molar-refractivity contribution is 5.90. The van der Waals surface area contributed by atoms with Crippen LogP contribution in [0.2, 0.25) is 0 Å². The number of hydrogen-bond acceptors (Lipinski definition) is 3. The second kappa shape index (κ2) is 9.95. The average Bonchev–Trinajstić information content (AvgIpc) is 2.74. The van der Waals surface area contributed by atoms with E-state index in [0.29, 0.717) is 6.42 Å². The molecule has 34 heavy (non-hydrogen) atoms. The van der Waals surface area contributed by atoms with Crippen molar-refractivity contribution in [2.75, 3.05) is 11.5 Å². The summed E-state index contributed by atoms with van der Waals surface area (Å²) in [7, 11) is 0. The molecule has 0 saturated carbocycles. The molecule has 184 valence electrons. The molecule has 2 unspecified atom stereocenters. The number of carbonyl (C=O) groups excluding carboxylic acids is 1. The third-order valence-electron chi connectivity index (χ3n) is 6.03. The van der Waals surface area contributed by atoms with E-state index in [4.69, 9.17) is 4.74 Å². The van der Waals surface area contributed by atoms with Crippen LogP contribution in [0.25, 0.3) is 0 Å². The van der Waals surface area contributed by atoms with E-state index in [0.717, 1.165) is 28.8 Å². The number of fused-ring (bicyclic) bond motifs is 1. The van der Waals surface area contributed by atoms with Gasteiger partial charge >= 0.3 is 18.4 Å². The summed E-state index contributed by atoms with van der Waals surface area (Å²) in [6.45, 7) is 7.41. The second-order valence-electron chi connectivity index (χ2n) is 8.56. The number of ether oxygens (including phenoxy) is 1. The standard InChI is InChI=1S/C25H29F3N2O4/c1-5-19-13-22(29(23(31)32)14-17-10-15(3)9-16(4)11-17)20-12-18(25(26,27)28)7-8-21(20)30(19)24(33)34-6-2/h7-12,19,22H,5-6,13-14H2,1-4H3,(H,31,32). The quantitative estimate of drug-likeness (QED) is 0.520. The van der Waals surface area contributed by atoms with Crippen LogP contribution >= 0.6 is 0 Å². The van der Waals surface area contributed by atoms with E-state index in [1.807, 2.05) is 39.0 Å². The fraction of sp³-hybridized carbons (Fsp3) is 0.440. The van der Waals surface area contributed by atoms with Crippen LogP contribution in [0.3, 0.4) is 0 Å². The number of carboxylic acid groups (broad SMARTS) is 1. The first-order valence-corrected chi connectivity index (χ1v) is 11.2. The zero-order valence-electron chi connectivity index (χ0n) is 19.6. The summed E-state index contributed by atoms with van der Waals surface area (Å²) in [6, 6.07) is 7.48. The molecule has 2 aromatic carbocycles. The Labute approximate surface area is 196 Å². The van der Waals surface area contributed by atoms with E-state index in [9.17, 15) is 27.9 Å². The van der Waals surface area contributed by atoms with Crippen LogP contribution in [0.15, 0.2) is 36.4 Å². The fourth-order valence-corrected chi connectivity index (χ4v) is 4.66. The highest BCUT2D eigenvalue weighted by atomic mass is 19.4. The molecule has 0 radical (unpaired) electrons. The van der Waals surface area contributed by atoms with Gasteiger partial charge < -0.3 is 9.84 Å². The smallest absolute Gasteiger partial charge is 0.416 e. The van der Waals surface area contributed by atoms with E-state index in [-0.39, 0.29) is 30.8 Å². The van der Waals surface area contributed by atoms with E-state index in [2.05, 4.69) is 0 Å². The van der Waals surface area contributed by atoms with Crippen molar-refractivity contribution < 1.29 is 32.6 Å². The molecular weight excluding hydrogens is 449 g/mol. The van der Waals surface area contributed by atoms with Crippen molar-refractivity contribution in [1.82, 2.24) is 4.90 Å². The summed E-state index contributed by atoms with van der Waals surface area (Å²) in [5.41, 5.74) is 2.15. The molecule has 1 aliphatic heterocycles. The molecule has 0 fully saturated rings. The van der Waals surface area contributed by atoms with Crippen LogP contribution in [-0.2, 0) is 17.5 Å². The molecule has 1 aliphatic rings. The molecule has 1 heterocycles. The number of alkyl halides is 3. The summed E-state index contributed by atoms with van der Waals surface area (Å²) in [5.74, 6) is 0. The molecule has 9 heteroatoms. The number of rotatable bonds is 5. The number of hydrogen-bond donors (Lipinski definition) is 1. The van der Waals surface area contributed by atoms with Gasteiger partial charge in [0, 0.05) is 12.6 Å². The zero-order chi connectivity index (χ0) is 25.2. The van der Waals surface area contributed by atoms with Crippen molar-refractivity contribution in [1.29, 1.82) is 0 Å². The first kappa shape index (κ1) is 25.4. The van der Waals surface area contributed by atoms with Gasteiger partial charge in [0.15, 0.2) is 0 Å². The number of benzene rings is 2. The van der Waals surface area contributed by atoms with Crippen molar-refractivity contribution in [2.24, 2.45) is 0 Å². The topological polar surface area (TPSA) is 70.1 Å². The Hall–Kier alpha value is -3.23. The van der Waals surface area contributed by atoms with Gasteiger partial charge in [-0.1, -0.05) is 36.2 Å². The molecular formula is C25H29F3N2O4.